The van der Waals surface area contributed by atoms with Crippen molar-refractivity contribution in [3.05, 3.63) is 35.9 Å². The average Bonchev–Trinajstić information content (AvgIpc) is 2.71. The zero-order valence-electron chi connectivity index (χ0n) is 19.7. The summed E-state index contributed by atoms with van der Waals surface area (Å²) in [6.07, 6.45) is 4.34. The summed E-state index contributed by atoms with van der Waals surface area (Å²) in [4.78, 5) is 37.8. The largest absolute Gasteiger partial charge is 0.461 e. The van der Waals surface area contributed by atoms with Gasteiger partial charge >= 0.3 is 12.1 Å². The van der Waals surface area contributed by atoms with Gasteiger partial charge in [0.25, 0.3) is 0 Å². The number of alkyl carbamates (subject to hydrolysis) is 1. The quantitative estimate of drug-likeness (QED) is 0.324. The van der Waals surface area contributed by atoms with Gasteiger partial charge in [-0.1, -0.05) is 63.4 Å². The second kappa shape index (κ2) is 13.8. The monoisotopic (exact) mass is 433 g/mol. The van der Waals surface area contributed by atoms with Gasteiger partial charge in [0.1, 0.15) is 12.2 Å². The predicted molar refractivity (Wildman–Crippen MR) is 122 cm³/mol. The minimum Gasteiger partial charge on any atom is -0.461 e. The molecule has 0 aliphatic heterocycles. The van der Waals surface area contributed by atoms with E-state index in [1.807, 2.05) is 37.3 Å². The first-order valence-corrected chi connectivity index (χ1v) is 11.4. The summed E-state index contributed by atoms with van der Waals surface area (Å²) in [5.41, 5.74) is 0.235. The topological polar surface area (TPSA) is 81.7 Å². The van der Waals surface area contributed by atoms with E-state index in [1.165, 1.54) is 0 Å². The summed E-state index contributed by atoms with van der Waals surface area (Å²) in [6.45, 7) is 9.48. The van der Waals surface area contributed by atoms with Crippen molar-refractivity contribution in [2.45, 2.75) is 97.8 Å². The fourth-order valence-electron chi connectivity index (χ4n) is 3.18. The molecule has 0 spiro atoms. The number of benzene rings is 1. The van der Waals surface area contributed by atoms with Crippen LogP contribution in [-0.4, -0.2) is 29.5 Å². The van der Waals surface area contributed by atoms with Crippen LogP contribution in [-0.2, 0) is 25.7 Å². The van der Waals surface area contributed by atoms with Crippen LogP contribution in [0.25, 0.3) is 0 Å². The van der Waals surface area contributed by atoms with Crippen molar-refractivity contribution in [3.63, 3.8) is 0 Å². The van der Waals surface area contributed by atoms with Crippen molar-refractivity contribution in [1.29, 1.82) is 0 Å². The molecule has 174 valence electrons. The highest BCUT2D eigenvalue weighted by atomic mass is 16.6. The number of Topliss-reactive ketones (excluding diaryl/α,β-unsaturated/α-hetero) is 1. The van der Waals surface area contributed by atoms with Gasteiger partial charge in [0.05, 0.1) is 12.0 Å². The van der Waals surface area contributed by atoms with Crippen LogP contribution in [0.2, 0.25) is 0 Å². The molecule has 2 atom stereocenters. The molecule has 0 radical (unpaired) electrons. The first-order valence-electron chi connectivity index (χ1n) is 11.4. The molecule has 0 fully saturated rings. The summed E-state index contributed by atoms with van der Waals surface area (Å²) >= 11 is 0. The zero-order valence-corrected chi connectivity index (χ0v) is 19.7. The standard InChI is InChI=1S/C25H39NO5/c1-6-8-9-13-16-22(27)21(26-24(29)31-25(3,4)5)17-20(7-2)23(28)30-18-19-14-11-10-12-15-19/h10-12,14-15,20-21H,6-9,13,16-18H2,1-5H3,(H,26,29)/t20?,21-/m0/s1. The van der Waals surface area contributed by atoms with E-state index in [1.54, 1.807) is 20.8 Å². The molecule has 1 rings (SSSR count). The lowest BCUT2D eigenvalue weighted by Gasteiger charge is -2.25. The second-order valence-corrected chi connectivity index (χ2v) is 8.91. The number of rotatable bonds is 13. The van der Waals surface area contributed by atoms with Gasteiger partial charge in [0, 0.05) is 6.42 Å². The third-order valence-electron chi connectivity index (χ3n) is 4.93. The highest BCUT2D eigenvalue weighted by Crippen LogP contribution is 2.18. The van der Waals surface area contributed by atoms with E-state index in [0.717, 1.165) is 31.2 Å². The van der Waals surface area contributed by atoms with E-state index in [4.69, 9.17) is 9.47 Å². The number of carbonyl (C=O) groups excluding carboxylic acids is 3. The van der Waals surface area contributed by atoms with Crippen LogP contribution in [0.3, 0.4) is 0 Å². The molecule has 0 saturated carbocycles. The van der Waals surface area contributed by atoms with Crippen LogP contribution in [0, 0.1) is 5.92 Å². The van der Waals surface area contributed by atoms with E-state index in [0.29, 0.717) is 12.8 Å². The molecule has 0 bridgehead atoms. The SMILES string of the molecule is CCCCCCC(=O)[C@H](CC(CC)C(=O)OCc1ccccc1)NC(=O)OC(C)(C)C. The van der Waals surface area contributed by atoms with Gasteiger partial charge in [-0.2, -0.15) is 0 Å². The Morgan fingerprint density at radius 2 is 1.68 bits per heavy atom. The summed E-state index contributed by atoms with van der Waals surface area (Å²) < 4.78 is 10.8. The number of amides is 1. The van der Waals surface area contributed by atoms with Crippen LogP contribution in [0.5, 0.6) is 0 Å². The van der Waals surface area contributed by atoms with Gasteiger partial charge in [0.15, 0.2) is 5.78 Å². The van der Waals surface area contributed by atoms with E-state index >= 15 is 0 Å². The first kappa shape index (κ1) is 26.7. The summed E-state index contributed by atoms with van der Waals surface area (Å²) in [6, 6.07) is 8.68. The normalized spacial score (nSPS) is 13.2. The first-order chi connectivity index (χ1) is 14.7. The molecule has 1 aromatic carbocycles. The van der Waals surface area contributed by atoms with Gasteiger partial charge in [-0.05, 0) is 45.6 Å². The smallest absolute Gasteiger partial charge is 0.408 e. The van der Waals surface area contributed by atoms with Crippen molar-refractivity contribution in [3.8, 4) is 0 Å². The van der Waals surface area contributed by atoms with Gasteiger partial charge in [-0.25, -0.2) is 4.79 Å². The maximum Gasteiger partial charge on any atom is 0.408 e. The van der Waals surface area contributed by atoms with Gasteiger partial charge in [0.2, 0.25) is 0 Å². The van der Waals surface area contributed by atoms with Crippen molar-refractivity contribution < 1.29 is 23.9 Å². The third-order valence-corrected chi connectivity index (χ3v) is 4.93. The Kier molecular flexibility index (Phi) is 11.9. The molecule has 0 saturated heterocycles. The summed E-state index contributed by atoms with van der Waals surface area (Å²) in [5, 5.41) is 2.69. The Labute approximate surface area is 187 Å². The zero-order chi connectivity index (χ0) is 23.3. The van der Waals surface area contributed by atoms with E-state index in [-0.39, 0.29) is 24.8 Å². The number of hydrogen-bond acceptors (Lipinski definition) is 5. The lowest BCUT2D eigenvalue weighted by atomic mass is 9.93. The number of ketones is 1. The van der Waals surface area contributed by atoms with Crippen LogP contribution >= 0.6 is 0 Å². The molecule has 6 heteroatoms. The van der Waals surface area contributed by atoms with Crippen molar-refractivity contribution >= 4 is 17.8 Å². The van der Waals surface area contributed by atoms with Crippen LogP contribution < -0.4 is 5.32 Å². The predicted octanol–water partition coefficient (Wildman–Crippen LogP) is 5.58. The van der Waals surface area contributed by atoms with Crippen LogP contribution in [0.4, 0.5) is 4.79 Å². The lowest BCUT2D eigenvalue weighted by molar-refractivity contribution is -0.150. The van der Waals surface area contributed by atoms with Gasteiger partial charge in [-0.3, -0.25) is 9.59 Å². The number of carbonyl (C=O) groups is 3. The Morgan fingerprint density at radius 3 is 2.26 bits per heavy atom. The van der Waals surface area contributed by atoms with Crippen molar-refractivity contribution in [2.24, 2.45) is 5.92 Å². The van der Waals surface area contributed by atoms with Crippen molar-refractivity contribution in [1.82, 2.24) is 5.32 Å². The number of ether oxygens (including phenoxy) is 2. The van der Waals surface area contributed by atoms with Crippen LogP contribution in [0.1, 0.15) is 85.1 Å². The summed E-state index contributed by atoms with van der Waals surface area (Å²) in [5.74, 6) is -0.916. The van der Waals surface area contributed by atoms with Crippen LogP contribution in [0.15, 0.2) is 30.3 Å². The molecule has 1 unspecified atom stereocenters. The number of hydrogen-bond donors (Lipinski definition) is 1. The minimum absolute atomic E-state index is 0.0729. The van der Waals surface area contributed by atoms with Crippen molar-refractivity contribution in [2.75, 3.05) is 0 Å². The molecule has 6 nitrogen and oxygen atoms in total. The maximum atomic E-state index is 12.8. The Bertz CT molecular complexity index is 681. The molecular formula is C25H39NO5. The second-order valence-electron chi connectivity index (χ2n) is 8.91. The number of nitrogens with one attached hydrogen (secondary N) is 1. The lowest BCUT2D eigenvalue weighted by Crippen LogP contribution is -2.45. The molecule has 1 N–H and O–H groups in total. The maximum absolute atomic E-state index is 12.8. The summed E-state index contributed by atoms with van der Waals surface area (Å²) in [7, 11) is 0. The fraction of sp³-hybridized carbons (Fsp3) is 0.640. The Morgan fingerprint density at radius 1 is 1.00 bits per heavy atom. The third kappa shape index (κ3) is 11.6. The van der Waals surface area contributed by atoms with E-state index < -0.39 is 23.7 Å². The highest BCUT2D eigenvalue weighted by molar-refractivity contribution is 5.88. The van der Waals surface area contributed by atoms with Gasteiger partial charge < -0.3 is 14.8 Å². The van der Waals surface area contributed by atoms with E-state index in [2.05, 4.69) is 12.2 Å². The van der Waals surface area contributed by atoms with E-state index in [9.17, 15) is 14.4 Å². The average molecular weight is 434 g/mol. The molecule has 31 heavy (non-hydrogen) atoms. The molecule has 0 heterocycles. The Hall–Kier alpha value is -2.37. The molecule has 1 aromatic rings. The molecular weight excluding hydrogens is 394 g/mol. The molecule has 0 aromatic heterocycles. The highest BCUT2D eigenvalue weighted by Gasteiger charge is 2.29. The Balaban J connectivity index is 2.76. The molecule has 0 aliphatic carbocycles. The number of unbranched alkanes of at least 4 members (excludes halogenated alkanes) is 3. The minimum atomic E-state index is -0.772. The van der Waals surface area contributed by atoms with Gasteiger partial charge in [-0.15, -0.1) is 0 Å². The fourth-order valence-corrected chi connectivity index (χ4v) is 3.18. The molecule has 0 aliphatic rings. The number of esters is 1. The molecule has 1 amide bonds.